The molecule has 0 bridgehead atoms. The Morgan fingerprint density at radius 2 is 1.85 bits per heavy atom. The fraction of sp³-hybridized carbons (Fsp3) is 0.519. The molecule has 4 rings (SSSR count). The molecular formula is C27H34F2N2O3. The summed E-state index contributed by atoms with van der Waals surface area (Å²) in [6, 6.07) is 12.4. The van der Waals surface area contributed by atoms with Crippen LogP contribution >= 0.6 is 0 Å². The van der Waals surface area contributed by atoms with Crippen LogP contribution in [-0.2, 0) is 26.2 Å². The summed E-state index contributed by atoms with van der Waals surface area (Å²) in [5.74, 6) is -1.72. The highest BCUT2D eigenvalue weighted by Crippen LogP contribution is 2.52. The number of likely N-dealkylation sites (tertiary alicyclic amines) is 1. The van der Waals surface area contributed by atoms with E-state index in [4.69, 9.17) is 9.47 Å². The molecule has 2 aromatic carbocycles. The van der Waals surface area contributed by atoms with Gasteiger partial charge in [-0.05, 0) is 43.1 Å². The van der Waals surface area contributed by atoms with E-state index in [2.05, 4.69) is 22.3 Å². The summed E-state index contributed by atoms with van der Waals surface area (Å²) >= 11 is 0. The van der Waals surface area contributed by atoms with Crippen LogP contribution in [0, 0.1) is 17.6 Å². The minimum Gasteiger partial charge on any atom is -0.382 e. The van der Waals surface area contributed by atoms with Gasteiger partial charge in [0.25, 0.3) is 0 Å². The Morgan fingerprint density at radius 1 is 1.12 bits per heavy atom. The number of amides is 1. The van der Waals surface area contributed by atoms with Crippen LogP contribution in [0.2, 0.25) is 0 Å². The lowest BCUT2D eigenvalue weighted by Gasteiger charge is -2.44. The van der Waals surface area contributed by atoms with E-state index in [-0.39, 0.29) is 29.4 Å². The molecule has 1 aliphatic heterocycles. The van der Waals surface area contributed by atoms with E-state index < -0.39 is 11.6 Å². The highest BCUT2D eigenvalue weighted by Gasteiger charge is 2.54. The predicted octanol–water partition coefficient (Wildman–Crippen LogP) is 4.36. The molecule has 1 fully saturated rings. The van der Waals surface area contributed by atoms with Crippen LogP contribution in [0.1, 0.15) is 49.4 Å². The van der Waals surface area contributed by atoms with E-state index in [9.17, 15) is 13.6 Å². The van der Waals surface area contributed by atoms with Gasteiger partial charge in [0.05, 0.1) is 25.4 Å². The third kappa shape index (κ3) is 4.74. The van der Waals surface area contributed by atoms with Crippen molar-refractivity contribution in [3.63, 3.8) is 0 Å². The average Bonchev–Trinajstić information content (AvgIpc) is 3.07. The molecule has 5 nitrogen and oxygen atoms in total. The third-order valence-corrected chi connectivity index (χ3v) is 7.26. The van der Waals surface area contributed by atoms with Gasteiger partial charge < -0.3 is 14.8 Å². The lowest BCUT2D eigenvalue weighted by Crippen LogP contribution is -2.51. The molecule has 2 aromatic rings. The minimum atomic E-state index is -0.814. The lowest BCUT2D eigenvalue weighted by atomic mass is 9.71. The third-order valence-electron chi connectivity index (χ3n) is 7.26. The first-order valence-corrected chi connectivity index (χ1v) is 12.0. The first kappa shape index (κ1) is 24.8. The molecule has 1 heterocycles. The van der Waals surface area contributed by atoms with Crippen molar-refractivity contribution in [3.05, 3.63) is 70.8 Å². The number of hydrogen-bond acceptors (Lipinski definition) is 4. The number of halogens is 2. The van der Waals surface area contributed by atoms with Gasteiger partial charge in [-0.15, -0.1) is 0 Å². The first-order chi connectivity index (χ1) is 16.4. The Bertz CT molecular complexity index is 1010. The largest absolute Gasteiger partial charge is 0.382 e. The second-order valence-corrected chi connectivity index (χ2v) is 9.66. The molecule has 34 heavy (non-hydrogen) atoms. The summed E-state index contributed by atoms with van der Waals surface area (Å²) < 4.78 is 39.6. The number of nitrogens with zero attached hydrogens (tertiary/aromatic N) is 1. The maximum Gasteiger partial charge on any atom is 0.223 e. The normalized spacial score (nSPS) is 21.7. The van der Waals surface area contributed by atoms with E-state index in [1.54, 1.807) is 19.2 Å². The van der Waals surface area contributed by atoms with E-state index in [0.717, 1.165) is 37.6 Å². The Balaban J connectivity index is 1.59. The number of benzene rings is 2. The zero-order valence-corrected chi connectivity index (χ0v) is 20.2. The van der Waals surface area contributed by atoms with Gasteiger partial charge in [0, 0.05) is 30.6 Å². The van der Waals surface area contributed by atoms with Crippen molar-refractivity contribution in [3.8, 4) is 0 Å². The van der Waals surface area contributed by atoms with Crippen LogP contribution in [0.25, 0.3) is 0 Å². The van der Waals surface area contributed by atoms with Gasteiger partial charge in [0.2, 0.25) is 5.91 Å². The van der Waals surface area contributed by atoms with Crippen molar-refractivity contribution in [2.75, 3.05) is 33.4 Å². The maximum atomic E-state index is 14.2. The first-order valence-electron chi connectivity index (χ1n) is 12.0. The minimum absolute atomic E-state index is 0.00351. The maximum absolute atomic E-state index is 14.2. The van der Waals surface area contributed by atoms with Crippen molar-refractivity contribution in [1.82, 2.24) is 10.2 Å². The van der Waals surface area contributed by atoms with Crippen molar-refractivity contribution >= 4 is 5.91 Å². The second kappa shape index (κ2) is 10.5. The van der Waals surface area contributed by atoms with Gasteiger partial charge in [-0.1, -0.05) is 50.2 Å². The van der Waals surface area contributed by atoms with Crippen molar-refractivity contribution in [1.29, 1.82) is 0 Å². The molecule has 1 spiro atoms. The molecule has 0 saturated carbocycles. The second-order valence-electron chi connectivity index (χ2n) is 9.66. The molecule has 1 saturated heterocycles. The number of fused-ring (bicyclic) bond motifs is 2. The van der Waals surface area contributed by atoms with E-state index in [0.29, 0.717) is 25.3 Å². The topological polar surface area (TPSA) is 50.8 Å². The summed E-state index contributed by atoms with van der Waals surface area (Å²) in [5.41, 5.74) is 2.42. The molecule has 7 heteroatoms. The Kier molecular flexibility index (Phi) is 7.65. The van der Waals surface area contributed by atoms with Gasteiger partial charge in [-0.3, -0.25) is 9.69 Å². The number of piperidine rings is 1. The van der Waals surface area contributed by atoms with Crippen molar-refractivity contribution in [2.24, 2.45) is 5.92 Å². The van der Waals surface area contributed by atoms with Crippen LogP contribution < -0.4 is 5.32 Å². The van der Waals surface area contributed by atoms with E-state index >= 15 is 0 Å². The summed E-state index contributed by atoms with van der Waals surface area (Å²) in [5, 5.41) is 3.24. The molecule has 184 valence electrons. The van der Waals surface area contributed by atoms with Crippen molar-refractivity contribution < 1.29 is 23.0 Å². The van der Waals surface area contributed by atoms with Gasteiger partial charge in [-0.25, -0.2) is 8.78 Å². The summed E-state index contributed by atoms with van der Waals surface area (Å²) in [7, 11) is 1.64. The smallest absolute Gasteiger partial charge is 0.223 e. The zero-order chi connectivity index (χ0) is 24.3. The number of carbonyl (C=O) groups is 1. The summed E-state index contributed by atoms with van der Waals surface area (Å²) in [6.07, 6.45) is 1.37. The number of ether oxygens (including phenoxy) is 2. The lowest BCUT2D eigenvalue weighted by molar-refractivity contribution is -0.127. The fourth-order valence-corrected chi connectivity index (χ4v) is 5.42. The molecule has 2 atom stereocenters. The van der Waals surface area contributed by atoms with Crippen LogP contribution in [0.4, 0.5) is 8.78 Å². The summed E-state index contributed by atoms with van der Waals surface area (Å²) in [6.45, 7) is 6.48. The number of carbonyl (C=O) groups excluding carboxylic acids is 1. The molecule has 1 N–H and O–H groups in total. The van der Waals surface area contributed by atoms with Crippen LogP contribution in [-0.4, -0.2) is 50.3 Å². The van der Waals surface area contributed by atoms with Gasteiger partial charge in [0.15, 0.2) is 11.6 Å². The molecule has 0 unspecified atom stereocenters. The Labute approximate surface area is 200 Å². The Morgan fingerprint density at radius 3 is 2.56 bits per heavy atom. The SMILES string of the molecule is COCCO[C@H]1[C@H](NC(=O)C(C)C)c2ccccc2C12CCN(Cc1cccc(F)c1F)CC2. The number of methoxy groups -OCH3 is 1. The van der Waals surface area contributed by atoms with Gasteiger partial charge in [-0.2, -0.15) is 0 Å². The zero-order valence-electron chi connectivity index (χ0n) is 20.2. The van der Waals surface area contributed by atoms with Gasteiger partial charge >= 0.3 is 0 Å². The van der Waals surface area contributed by atoms with Crippen LogP contribution in [0.3, 0.4) is 0 Å². The van der Waals surface area contributed by atoms with E-state index in [1.165, 1.54) is 5.56 Å². The molecule has 0 radical (unpaired) electrons. The summed E-state index contributed by atoms with van der Waals surface area (Å²) in [4.78, 5) is 14.9. The fourth-order valence-electron chi connectivity index (χ4n) is 5.42. The quantitative estimate of drug-likeness (QED) is 0.580. The van der Waals surface area contributed by atoms with Crippen molar-refractivity contribution in [2.45, 2.75) is 50.8 Å². The van der Waals surface area contributed by atoms with Crippen LogP contribution in [0.5, 0.6) is 0 Å². The molecular weight excluding hydrogens is 438 g/mol. The van der Waals surface area contributed by atoms with E-state index in [1.807, 2.05) is 26.0 Å². The molecule has 0 aromatic heterocycles. The van der Waals surface area contributed by atoms with Gasteiger partial charge in [0.1, 0.15) is 0 Å². The molecule has 1 amide bonds. The number of rotatable bonds is 8. The average molecular weight is 473 g/mol. The Hall–Kier alpha value is -2.35. The number of hydrogen-bond donors (Lipinski definition) is 1. The predicted molar refractivity (Wildman–Crippen MR) is 126 cm³/mol. The standard InChI is InChI=1S/C27H34F2N2O3/c1-18(2)26(32)30-24-20-8-4-5-9-21(20)27(25(24)34-16-15-33-3)11-13-31(14-12-27)17-19-7-6-10-22(28)23(19)29/h4-10,18,24-25H,11-17H2,1-3H3,(H,30,32)/t24-,25+/m1/s1. The van der Waals surface area contributed by atoms with Crippen LogP contribution in [0.15, 0.2) is 42.5 Å². The highest BCUT2D eigenvalue weighted by atomic mass is 19.2. The monoisotopic (exact) mass is 472 g/mol. The molecule has 2 aliphatic rings. The number of nitrogens with one attached hydrogen (secondary N) is 1. The highest BCUT2D eigenvalue weighted by molar-refractivity contribution is 5.78. The molecule has 1 aliphatic carbocycles.